The van der Waals surface area contributed by atoms with Gasteiger partial charge in [-0.2, -0.15) is 5.26 Å². The Morgan fingerprint density at radius 3 is 2.77 bits per heavy atom. The van der Waals surface area contributed by atoms with E-state index in [9.17, 15) is 4.39 Å². The lowest BCUT2D eigenvalue weighted by Crippen LogP contribution is -1.85. The van der Waals surface area contributed by atoms with Crippen molar-refractivity contribution in [2.75, 3.05) is 5.33 Å². The summed E-state index contributed by atoms with van der Waals surface area (Å²) in [6, 6.07) is 6.08. The first-order valence-corrected chi connectivity index (χ1v) is 4.64. The maximum Gasteiger partial charge on any atom is 0.140 e. The standard InChI is InChI=1S/C10H5BrFN/c11-5-1-2-9-4-3-8(7-13)6-10(9)12/h3-4,6H,5H2. The second-order valence-corrected chi connectivity index (χ2v) is 2.80. The van der Waals surface area contributed by atoms with Crippen molar-refractivity contribution in [1.29, 1.82) is 5.26 Å². The molecule has 0 radical (unpaired) electrons. The van der Waals surface area contributed by atoms with E-state index in [1.54, 1.807) is 6.07 Å². The van der Waals surface area contributed by atoms with Gasteiger partial charge < -0.3 is 0 Å². The molecule has 0 aromatic heterocycles. The molecule has 1 rings (SSSR count). The highest BCUT2D eigenvalue weighted by Crippen LogP contribution is 2.08. The Morgan fingerprint density at radius 2 is 2.23 bits per heavy atom. The van der Waals surface area contributed by atoms with Gasteiger partial charge in [0, 0.05) is 0 Å². The van der Waals surface area contributed by atoms with E-state index in [1.165, 1.54) is 12.1 Å². The highest BCUT2D eigenvalue weighted by atomic mass is 79.9. The van der Waals surface area contributed by atoms with E-state index in [-0.39, 0.29) is 0 Å². The highest BCUT2D eigenvalue weighted by molar-refractivity contribution is 9.09. The average Bonchev–Trinajstić information content (AvgIpc) is 2.16. The van der Waals surface area contributed by atoms with Gasteiger partial charge in [0.1, 0.15) is 5.82 Å². The first-order chi connectivity index (χ1) is 6.27. The van der Waals surface area contributed by atoms with Gasteiger partial charge in [-0.05, 0) is 18.2 Å². The van der Waals surface area contributed by atoms with Crippen LogP contribution in [0.1, 0.15) is 11.1 Å². The molecule has 0 aliphatic heterocycles. The first-order valence-electron chi connectivity index (χ1n) is 3.52. The van der Waals surface area contributed by atoms with Gasteiger partial charge >= 0.3 is 0 Å². The number of halogens is 2. The summed E-state index contributed by atoms with van der Waals surface area (Å²) in [5, 5.41) is 8.98. The summed E-state index contributed by atoms with van der Waals surface area (Å²) in [4.78, 5) is 0. The van der Waals surface area contributed by atoms with Crippen LogP contribution < -0.4 is 0 Å². The van der Waals surface area contributed by atoms with Crippen molar-refractivity contribution in [3.8, 4) is 17.9 Å². The molecule has 1 aromatic carbocycles. The van der Waals surface area contributed by atoms with Crippen molar-refractivity contribution in [3.63, 3.8) is 0 Å². The minimum atomic E-state index is -0.451. The first kappa shape index (κ1) is 9.77. The van der Waals surface area contributed by atoms with Gasteiger partial charge in [-0.25, -0.2) is 4.39 Å². The van der Waals surface area contributed by atoms with E-state index < -0.39 is 5.82 Å². The molecule has 0 N–H and O–H groups in total. The van der Waals surface area contributed by atoms with Crippen LogP contribution in [0.5, 0.6) is 0 Å². The van der Waals surface area contributed by atoms with Gasteiger partial charge in [0.15, 0.2) is 0 Å². The van der Waals surface area contributed by atoms with E-state index in [0.29, 0.717) is 16.5 Å². The van der Waals surface area contributed by atoms with Crippen LogP contribution in [0.3, 0.4) is 0 Å². The number of rotatable bonds is 0. The lowest BCUT2D eigenvalue weighted by molar-refractivity contribution is 0.624. The van der Waals surface area contributed by atoms with Gasteiger partial charge in [-0.1, -0.05) is 27.8 Å². The summed E-state index contributed by atoms with van der Waals surface area (Å²) < 4.78 is 13.1. The molecule has 13 heavy (non-hydrogen) atoms. The predicted molar refractivity (Wildman–Crippen MR) is 51.8 cm³/mol. The Kier molecular flexibility index (Phi) is 3.49. The summed E-state index contributed by atoms with van der Waals surface area (Å²) in [5.41, 5.74) is 0.625. The fourth-order valence-corrected chi connectivity index (χ4v) is 0.955. The van der Waals surface area contributed by atoms with Gasteiger partial charge in [0.25, 0.3) is 0 Å². The SMILES string of the molecule is N#Cc1ccc(C#CCBr)c(F)c1. The van der Waals surface area contributed by atoms with E-state index in [4.69, 9.17) is 5.26 Å². The van der Waals surface area contributed by atoms with Crippen LogP contribution in [0.2, 0.25) is 0 Å². The molecule has 0 saturated carbocycles. The lowest BCUT2D eigenvalue weighted by atomic mass is 10.1. The van der Waals surface area contributed by atoms with Crippen LogP contribution in [0, 0.1) is 29.0 Å². The molecule has 0 amide bonds. The Balaban J connectivity index is 3.07. The van der Waals surface area contributed by atoms with Gasteiger partial charge in [-0.15, -0.1) is 0 Å². The molecule has 0 aliphatic rings. The smallest absolute Gasteiger partial charge is 0.140 e. The maximum absolute atomic E-state index is 13.1. The molecule has 0 fully saturated rings. The van der Waals surface area contributed by atoms with Crippen molar-refractivity contribution < 1.29 is 4.39 Å². The van der Waals surface area contributed by atoms with E-state index >= 15 is 0 Å². The van der Waals surface area contributed by atoms with Crippen LogP contribution in [0.15, 0.2) is 18.2 Å². The van der Waals surface area contributed by atoms with Crippen LogP contribution >= 0.6 is 15.9 Å². The number of hydrogen-bond acceptors (Lipinski definition) is 1. The Labute approximate surface area is 84.3 Å². The molecule has 3 heteroatoms. The fraction of sp³-hybridized carbons (Fsp3) is 0.100. The predicted octanol–water partition coefficient (Wildman–Crippen LogP) is 2.44. The normalized spacial score (nSPS) is 8.38. The van der Waals surface area contributed by atoms with Crippen molar-refractivity contribution in [2.24, 2.45) is 0 Å². The summed E-state index contributed by atoms with van der Waals surface area (Å²) in [7, 11) is 0. The molecule has 0 unspecified atom stereocenters. The Hall–Kier alpha value is -1.32. The van der Waals surface area contributed by atoms with Gasteiger partial charge in [0.05, 0.1) is 22.5 Å². The Morgan fingerprint density at radius 1 is 1.46 bits per heavy atom. The maximum atomic E-state index is 13.1. The van der Waals surface area contributed by atoms with Crippen molar-refractivity contribution in [3.05, 3.63) is 35.1 Å². The second kappa shape index (κ2) is 4.64. The minimum absolute atomic E-state index is 0.307. The average molecular weight is 238 g/mol. The molecule has 1 nitrogen and oxygen atoms in total. The number of benzene rings is 1. The number of alkyl halides is 1. The van der Waals surface area contributed by atoms with E-state index in [0.717, 1.165) is 0 Å². The summed E-state index contributed by atoms with van der Waals surface area (Å²) in [5.74, 6) is 4.87. The molecule has 64 valence electrons. The third-order valence-electron chi connectivity index (χ3n) is 1.39. The minimum Gasteiger partial charge on any atom is -0.206 e. The van der Waals surface area contributed by atoms with Crippen LogP contribution in [0.25, 0.3) is 0 Å². The summed E-state index contributed by atoms with van der Waals surface area (Å²) in [6.45, 7) is 0. The zero-order chi connectivity index (χ0) is 9.68. The Bertz CT molecular complexity index is 409. The topological polar surface area (TPSA) is 23.8 Å². The summed E-state index contributed by atoms with van der Waals surface area (Å²) >= 11 is 3.11. The highest BCUT2D eigenvalue weighted by Gasteiger charge is 1.99. The largest absolute Gasteiger partial charge is 0.206 e. The number of nitriles is 1. The monoisotopic (exact) mass is 237 g/mol. The van der Waals surface area contributed by atoms with Gasteiger partial charge in [-0.3, -0.25) is 0 Å². The molecule has 0 heterocycles. The molecule has 0 atom stereocenters. The lowest BCUT2D eigenvalue weighted by Gasteiger charge is -1.93. The molecular weight excluding hydrogens is 233 g/mol. The molecule has 0 spiro atoms. The van der Waals surface area contributed by atoms with Crippen LogP contribution in [0.4, 0.5) is 4.39 Å². The zero-order valence-electron chi connectivity index (χ0n) is 6.64. The molecule has 1 aromatic rings. The van der Waals surface area contributed by atoms with Crippen LogP contribution in [-0.4, -0.2) is 5.33 Å². The third kappa shape index (κ3) is 2.57. The fourth-order valence-electron chi connectivity index (χ4n) is 0.815. The number of nitrogens with zero attached hydrogens (tertiary/aromatic N) is 1. The van der Waals surface area contributed by atoms with E-state index in [2.05, 4.69) is 27.8 Å². The van der Waals surface area contributed by atoms with Crippen LogP contribution in [-0.2, 0) is 0 Å². The zero-order valence-corrected chi connectivity index (χ0v) is 8.23. The molecular formula is C10H5BrFN. The molecule has 0 aliphatic carbocycles. The van der Waals surface area contributed by atoms with E-state index in [1.807, 2.05) is 6.07 Å². The number of hydrogen-bond donors (Lipinski definition) is 0. The third-order valence-corrected chi connectivity index (χ3v) is 1.67. The quantitative estimate of drug-likeness (QED) is 0.503. The molecule has 0 saturated heterocycles. The van der Waals surface area contributed by atoms with Gasteiger partial charge in [0.2, 0.25) is 0 Å². The van der Waals surface area contributed by atoms with Crippen molar-refractivity contribution >= 4 is 15.9 Å². The van der Waals surface area contributed by atoms with Crippen molar-refractivity contribution in [1.82, 2.24) is 0 Å². The molecule has 0 bridgehead atoms. The van der Waals surface area contributed by atoms with Crippen molar-refractivity contribution in [2.45, 2.75) is 0 Å². The summed E-state index contributed by atoms with van der Waals surface area (Å²) in [6.07, 6.45) is 0. The second-order valence-electron chi connectivity index (χ2n) is 2.24.